The summed E-state index contributed by atoms with van der Waals surface area (Å²) in [6.07, 6.45) is 0. The third-order valence-corrected chi connectivity index (χ3v) is 3.82. The van der Waals surface area contributed by atoms with Crippen LogP contribution in [0.15, 0.2) is 0 Å². The second kappa shape index (κ2) is 5.77. The Balaban J connectivity index is 2.66. The van der Waals surface area contributed by atoms with Gasteiger partial charge in [-0.15, -0.1) is 0 Å². The lowest BCUT2D eigenvalue weighted by Crippen LogP contribution is -2.61. The van der Waals surface area contributed by atoms with E-state index in [1.165, 1.54) is 0 Å². The van der Waals surface area contributed by atoms with Crippen LogP contribution in [0, 0.1) is 5.92 Å². The van der Waals surface area contributed by atoms with Crippen LogP contribution in [0.5, 0.6) is 0 Å². The number of carboxylic acid groups (broad SMARTS) is 1. The molecule has 0 aliphatic carbocycles. The van der Waals surface area contributed by atoms with Crippen LogP contribution < -0.4 is 5.32 Å². The molecule has 6 nitrogen and oxygen atoms in total. The van der Waals surface area contributed by atoms with Crippen molar-refractivity contribution in [3.63, 3.8) is 0 Å². The first-order valence-electron chi connectivity index (χ1n) is 6.64. The van der Waals surface area contributed by atoms with Crippen LogP contribution in [0.4, 0.5) is 4.79 Å². The minimum atomic E-state index is -0.989. The van der Waals surface area contributed by atoms with Gasteiger partial charge in [-0.3, -0.25) is 4.90 Å². The molecule has 0 aromatic carbocycles. The number of nitrogens with zero attached hydrogens (tertiary/aromatic N) is 2. The van der Waals surface area contributed by atoms with Gasteiger partial charge in [-0.1, -0.05) is 13.8 Å². The topological polar surface area (TPSA) is 72.9 Å². The largest absolute Gasteiger partial charge is 0.480 e. The quantitative estimate of drug-likeness (QED) is 0.797. The van der Waals surface area contributed by atoms with Gasteiger partial charge in [0, 0.05) is 25.2 Å². The lowest BCUT2D eigenvalue weighted by Gasteiger charge is -2.45. The van der Waals surface area contributed by atoms with Crippen LogP contribution in [0.1, 0.15) is 27.7 Å². The predicted octanol–water partition coefficient (Wildman–Crippen LogP) is 0.831. The molecule has 0 saturated carbocycles. The van der Waals surface area contributed by atoms with Crippen LogP contribution in [-0.4, -0.2) is 65.2 Å². The number of nitrogens with one attached hydrogen (secondary N) is 1. The second-order valence-corrected chi connectivity index (χ2v) is 6.16. The first kappa shape index (κ1) is 15.8. The number of aliphatic carboxylic acids is 1. The van der Waals surface area contributed by atoms with Gasteiger partial charge < -0.3 is 15.3 Å². The van der Waals surface area contributed by atoms with Crippen molar-refractivity contribution in [2.75, 3.05) is 26.7 Å². The zero-order valence-electron chi connectivity index (χ0n) is 12.4. The highest BCUT2D eigenvalue weighted by Gasteiger charge is 2.34. The fraction of sp³-hybridized carbons (Fsp3) is 0.846. The molecule has 6 heteroatoms. The minimum Gasteiger partial charge on any atom is -0.480 e. The molecule has 19 heavy (non-hydrogen) atoms. The Bertz CT molecular complexity index is 355. The SMILES string of the molecule is CC(C)[C@@H](NC(=O)N1CCN(C)C(C)(C)C1)C(=O)O. The summed E-state index contributed by atoms with van der Waals surface area (Å²) in [5.74, 6) is -1.13. The number of carboxylic acids is 1. The fourth-order valence-electron chi connectivity index (χ4n) is 2.15. The van der Waals surface area contributed by atoms with Crippen LogP contribution in [0.25, 0.3) is 0 Å². The highest BCUT2D eigenvalue weighted by Crippen LogP contribution is 2.19. The van der Waals surface area contributed by atoms with E-state index in [1.807, 2.05) is 7.05 Å². The summed E-state index contributed by atoms with van der Waals surface area (Å²) in [6.45, 7) is 9.73. The normalized spacial score (nSPS) is 21.3. The van der Waals surface area contributed by atoms with Crippen LogP contribution in [0.3, 0.4) is 0 Å². The van der Waals surface area contributed by atoms with Crippen LogP contribution >= 0.6 is 0 Å². The summed E-state index contributed by atoms with van der Waals surface area (Å²) >= 11 is 0. The Morgan fingerprint density at radius 1 is 1.26 bits per heavy atom. The van der Waals surface area contributed by atoms with E-state index in [-0.39, 0.29) is 17.5 Å². The zero-order valence-corrected chi connectivity index (χ0v) is 12.4. The van der Waals surface area contributed by atoms with E-state index in [9.17, 15) is 9.59 Å². The Kier molecular flexibility index (Phi) is 4.79. The molecular weight excluding hydrogens is 246 g/mol. The van der Waals surface area contributed by atoms with E-state index in [1.54, 1.807) is 18.7 Å². The summed E-state index contributed by atoms with van der Waals surface area (Å²) in [5, 5.41) is 11.7. The number of piperazine rings is 1. The molecule has 1 aliphatic heterocycles. The summed E-state index contributed by atoms with van der Waals surface area (Å²) in [6, 6.07) is -1.13. The summed E-state index contributed by atoms with van der Waals surface area (Å²) in [7, 11) is 2.03. The molecule has 1 saturated heterocycles. The van der Waals surface area contributed by atoms with E-state index in [0.717, 1.165) is 6.54 Å². The van der Waals surface area contributed by atoms with Crippen LogP contribution in [0.2, 0.25) is 0 Å². The van der Waals surface area contributed by atoms with Gasteiger partial charge in [0.05, 0.1) is 0 Å². The smallest absolute Gasteiger partial charge is 0.326 e. The maximum Gasteiger partial charge on any atom is 0.326 e. The first-order chi connectivity index (χ1) is 8.65. The van der Waals surface area contributed by atoms with Crippen molar-refractivity contribution in [2.45, 2.75) is 39.3 Å². The highest BCUT2D eigenvalue weighted by molar-refractivity contribution is 5.82. The number of hydrogen-bond donors (Lipinski definition) is 2. The monoisotopic (exact) mass is 271 g/mol. The van der Waals surface area contributed by atoms with Crippen molar-refractivity contribution < 1.29 is 14.7 Å². The Labute approximate surface area is 114 Å². The van der Waals surface area contributed by atoms with Crippen molar-refractivity contribution in [3.8, 4) is 0 Å². The van der Waals surface area contributed by atoms with Crippen molar-refractivity contribution >= 4 is 12.0 Å². The van der Waals surface area contributed by atoms with Gasteiger partial charge in [0.2, 0.25) is 0 Å². The molecule has 0 unspecified atom stereocenters. The summed E-state index contributed by atoms with van der Waals surface area (Å²) < 4.78 is 0. The van der Waals surface area contributed by atoms with Crippen LogP contribution in [-0.2, 0) is 4.79 Å². The first-order valence-corrected chi connectivity index (χ1v) is 6.64. The Morgan fingerprint density at radius 3 is 2.26 bits per heavy atom. The number of likely N-dealkylation sites (N-methyl/N-ethyl adjacent to an activating group) is 1. The molecule has 1 atom stereocenters. The van der Waals surface area contributed by atoms with E-state index >= 15 is 0 Å². The van der Waals surface area contributed by atoms with Crippen molar-refractivity contribution in [1.29, 1.82) is 0 Å². The van der Waals surface area contributed by atoms with E-state index in [2.05, 4.69) is 24.1 Å². The molecule has 0 bridgehead atoms. The van der Waals surface area contributed by atoms with E-state index in [0.29, 0.717) is 13.1 Å². The number of carbonyl (C=O) groups is 2. The summed E-state index contributed by atoms with van der Waals surface area (Å²) in [5.41, 5.74) is -0.0911. The average Bonchev–Trinajstić information content (AvgIpc) is 2.28. The van der Waals surface area contributed by atoms with Gasteiger partial charge in [-0.05, 0) is 26.8 Å². The predicted molar refractivity (Wildman–Crippen MR) is 73.1 cm³/mol. The van der Waals surface area contributed by atoms with Crippen molar-refractivity contribution in [3.05, 3.63) is 0 Å². The summed E-state index contributed by atoms with van der Waals surface area (Å²) in [4.78, 5) is 27.1. The molecule has 1 aliphatic rings. The van der Waals surface area contributed by atoms with Gasteiger partial charge >= 0.3 is 12.0 Å². The molecule has 0 aromatic rings. The molecule has 1 heterocycles. The molecule has 2 amide bonds. The Hall–Kier alpha value is -1.30. The molecule has 110 valence electrons. The molecule has 0 radical (unpaired) electrons. The van der Waals surface area contributed by atoms with Gasteiger partial charge in [-0.25, -0.2) is 9.59 Å². The van der Waals surface area contributed by atoms with E-state index < -0.39 is 12.0 Å². The number of rotatable bonds is 3. The fourth-order valence-corrected chi connectivity index (χ4v) is 2.15. The molecule has 0 spiro atoms. The maximum absolute atomic E-state index is 12.1. The van der Waals surface area contributed by atoms with Crippen molar-refractivity contribution in [2.24, 2.45) is 5.92 Å². The second-order valence-electron chi connectivity index (χ2n) is 6.16. The molecule has 1 rings (SSSR count). The number of amides is 2. The Morgan fingerprint density at radius 2 is 1.84 bits per heavy atom. The van der Waals surface area contributed by atoms with Gasteiger partial charge in [0.15, 0.2) is 0 Å². The highest BCUT2D eigenvalue weighted by atomic mass is 16.4. The van der Waals surface area contributed by atoms with Crippen molar-refractivity contribution in [1.82, 2.24) is 15.1 Å². The number of urea groups is 1. The molecule has 0 aromatic heterocycles. The number of carbonyl (C=O) groups excluding carboxylic acids is 1. The van der Waals surface area contributed by atoms with Gasteiger partial charge in [-0.2, -0.15) is 0 Å². The van der Waals surface area contributed by atoms with Gasteiger partial charge in [0.1, 0.15) is 6.04 Å². The lowest BCUT2D eigenvalue weighted by molar-refractivity contribution is -0.140. The third-order valence-electron chi connectivity index (χ3n) is 3.82. The molecular formula is C13H25N3O3. The maximum atomic E-state index is 12.1. The standard InChI is InChI=1S/C13H25N3O3/c1-9(2)10(11(17)18)14-12(19)16-7-6-15(5)13(3,4)8-16/h9-10H,6-8H2,1-5H3,(H,14,19)(H,17,18)/t10-/m1/s1. The average molecular weight is 271 g/mol. The lowest BCUT2D eigenvalue weighted by atomic mass is 10.00. The molecule has 2 N–H and O–H groups in total. The minimum absolute atomic E-state index is 0.0911. The number of hydrogen-bond acceptors (Lipinski definition) is 3. The third kappa shape index (κ3) is 3.83. The van der Waals surface area contributed by atoms with Gasteiger partial charge in [0.25, 0.3) is 0 Å². The molecule has 1 fully saturated rings. The van der Waals surface area contributed by atoms with E-state index in [4.69, 9.17) is 5.11 Å². The zero-order chi connectivity index (χ0) is 14.8.